The molecule has 23 rings (SSSR count). The van der Waals surface area contributed by atoms with E-state index in [1.165, 1.54) is 18.9 Å². The van der Waals surface area contributed by atoms with Gasteiger partial charge >= 0.3 is 11.9 Å². The third kappa shape index (κ3) is 17.7. The van der Waals surface area contributed by atoms with Crippen LogP contribution in [0.25, 0.3) is 165 Å². The van der Waals surface area contributed by atoms with Crippen LogP contribution in [0.4, 0.5) is 5.95 Å². The molecule has 0 radical (unpaired) electrons. The molecule has 0 unspecified atom stereocenters. The van der Waals surface area contributed by atoms with Gasteiger partial charge in [-0.25, -0.2) is 62.9 Å². The highest BCUT2D eigenvalue weighted by Gasteiger charge is 2.28. The number of esters is 1. The Bertz CT molecular complexity index is 8020. The van der Waals surface area contributed by atoms with E-state index in [0.29, 0.717) is 84.4 Å². The molecule has 28 nitrogen and oxygen atoms in total. The number of carbonyl (C=O) groups is 4. The second-order valence-corrected chi connectivity index (χ2v) is 34.2. The smallest absolute Gasteiger partial charge is 0.337 e. The zero-order valence-electron chi connectivity index (χ0n) is 70.0. The van der Waals surface area contributed by atoms with Gasteiger partial charge in [0.2, 0.25) is 27.1 Å². The molecule has 3 aliphatic carbocycles. The molecule has 3 saturated carbocycles. The molecule has 0 aliphatic heterocycles. The molecule has 634 valence electrons. The van der Waals surface area contributed by atoms with Crippen LogP contribution in [0.5, 0.6) is 0 Å². The third-order valence-electron chi connectivity index (χ3n) is 22.4. The lowest BCUT2D eigenvalue weighted by molar-refractivity contribution is -0.726. The number of fused-ring (bicyclic) bond motifs is 15. The quantitative estimate of drug-likeness (QED) is 0.0292. The van der Waals surface area contributed by atoms with Crippen LogP contribution in [0.15, 0.2) is 268 Å². The number of anilines is 1. The molecule has 13 aromatic heterocycles. The van der Waals surface area contributed by atoms with E-state index in [4.69, 9.17) is 41.3 Å². The van der Waals surface area contributed by atoms with Crippen molar-refractivity contribution in [2.75, 3.05) is 18.7 Å². The summed E-state index contributed by atoms with van der Waals surface area (Å²) in [5.74, 6) is -0.878. The van der Waals surface area contributed by atoms with E-state index in [0.717, 1.165) is 171 Å². The number of aromatic amines is 1. The number of pyridine rings is 9. The lowest BCUT2D eigenvalue weighted by Crippen LogP contribution is -2.27. The summed E-state index contributed by atoms with van der Waals surface area (Å²) in [6.07, 6.45) is 32.7. The number of H-pyrrole nitrogens is 1. The second-order valence-electron chi connectivity index (χ2n) is 31.8. The fourth-order valence-electron chi connectivity index (χ4n) is 15.4. The molecule has 129 heavy (non-hydrogen) atoms. The number of carbonyl (C=O) groups excluding carboxylic acids is 3. The summed E-state index contributed by atoms with van der Waals surface area (Å²) in [5, 5.41) is 38.8. The maximum absolute atomic E-state index is 12.5. The first-order valence-corrected chi connectivity index (χ1v) is 43.8. The van der Waals surface area contributed by atoms with Gasteiger partial charge in [0, 0.05) is 208 Å². The van der Waals surface area contributed by atoms with Gasteiger partial charge < -0.3 is 25.8 Å². The van der Waals surface area contributed by atoms with Crippen LogP contribution in [0.1, 0.15) is 85.5 Å². The Kier molecular flexibility index (Phi) is 22.3. The molecule has 5 N–H and O–H groups in total. The number of amides is 2. The van der Waals surface area contributed by atoms with Crippen LogP contribution in [-0.2, 0) is 28.7 Å². The van der Waals surface area contributed by atoms with Crippen molar-refractivity contribution in [3.8, 4) is 56.3 Å². The van der Waals surface area contributed by atoms with Gasteiger partial charge in [-0.1, -0.05) is 90.5 Å². The van der Waals surface area contributed by atoms with Crippen molar-refractivity contribution in [3.05, 3.63) is 296 Å². The minimum atomic E-state index is -3.59. The number of ether oxygens (including phenoxy) is 1. The van der Waals surface area contributed by atoms with Crippen LogP contribution < -0.4 is 20.6 Å². The van der Waals surface area contributed by atoms with Gasteiger partial charge in [0.1, 0.15) is 16.7 Å². The van der Waals surface area contributed by atoms with E-state index in [-0.39, 0.29) is 22.5 Å². The fourth-order valence-corrected chi connectivity index (χ4v) is 16.1. The number of aryl methyl sites for hydroxylation is 3. The van der Waals surface area contributed by atoms with Gasteiger partial charge in [-0.3, -0.25) is 34.2 Å². The fraction of sp³-hybridized carbons (Fsp3) is 0.141. The zero-order valence-corrected chi connectivity index (χ0v) is 71.6. The molecule has 0 atom stereocenters. The average Bonchev–Trinajstić information content (AvgIpc) is 1.60. The predicted octanol–water partition coefficient (Wildman–Crippen LogP) is 17.5. The van der Waals surface area contributed by atoms with Crippen molar-refractivity contribution in [1.29, 1.82) is 0 Å². The maximum atomic E-state index is 12.5. The largest absolute Gasteiger partial charge is 0.478 e. The summed E-state index contributed by atoms with van der Waals surface area (Å²) in [5.41, 5.74) is 16.5. The Labute approximate surface area is 741 Å². The van der Waals surface area contributed by atoms with Crippen molar-refractivity contribution < 1.29 is 42.1 Å². The molecule has 3 fully saturated rings. The van der Waals surface area contributed by atoms with Gasteiger partial charge in [0.05, 0.1) is 86.6 Å². The van der Waals surface area contributed by atoms with Crippen LogP contribution >= 0.6 is 11.6 Å². The number of nitrogens with zero attached hydrogens (tertiary/aromatic N) is 16. The van der Waals surface area contributed by atoms with E-state index in [1.807, 2.05) is 170 Å². The Balaban J connectivity index is 0.000000105. The Morgan fingerprint density at radius 3 is 1.41 bits per heavy atom. The molecule has 13 heterocycles. The Morgan fingerprint density at radius 2 is 0.907 bits per heavy atom. The van der Waals surface area contributed by atoms with E-state index in [2.05, 4.69) is 91.1 Å². The third-order valence-corrected chi connectivity index (χ3v) is 23.5. The highest BCUT2D eigenvalue weighted by Crippen LogP contribution is 2.40. The summed E-state index contributed by atoms with van der Waals surface area (Å²) in [6, 6.07) is 56.1. The van der Waals surface area contributed by atoms with E-state index < -0.39 is 21.8 Å². The van der Waals surface area contributed by atoms with E-state index >= 15 is 0 Å². The maximum Gasteiger partial charge on any atom is 0.337 e. The van der Waals surface area contributed by atoms with Crippen molar-refractivity contribution in [1.82, 2.24) is 90.3 Å². The summed E-state index contributed by atoms with van der Waals surface area (Å²) in [6.45, 7) is 2.08. The Hall–Kier alpha value is -16.0. The zero-order chi connectivity index (χ0) is 88.7. The number of sulfone groups is 1. The summed E-state index contributed by atoms with van der Waals surface area (Å²) < 4.78 is 32.1. The molecule has 7 aromatic carbocycles. The minimum Gasteiger partial charge on any atom is -0.478 e. The lowest BCUT2D eigenvalue weighted by atomic mass is 10.0. The van der Waals surface area contributed by atoms with Crippen molar-refractivity contribution in [2.45, 2.75) is 68.7 Å². The highest BCUT2D eigenvalue weighted by atomic mass is 35.5. The van der Waals surface area contributed by atoms with E-state index in [1.54, 1.807) is 91.5 Å². The molecule has 0 saturated heterocycles. The number of hydrogen-bond acceptors (Lipinski definition) is 22. The van der Waals surface area contributed by atoms with Crippen molar-refractivity contribution in [2.24, 2.45) is 14.1 Å². The summed E-state index contributed by atoms with van der Waals surface area (Å²) >= 11 is 5.97. The van der Waals surface area contributed by atoms with Crippen LogP contribution in [0.2, 0.25) is 5.02 Å². The van der Waals surface area contributed by atoms with Gasteiger partial charge in [0.25, 0.3) is 11.8 Å². The first-order valence-electron chi connectivity index (χ1n) is 41.5. The highest BCUT2D eigenvalue weighted by molar-refractivity contribution is 7.90. The molecule has 0 spiro atoms. The molecule has 20 aromatic rings. The number of nitrogens with one attached hydrogen (secondary N) is 4. The number of carboxylic acid groups (broad SMARTS) is 1. The lowest BCUT2D eigenvalue weighted by Gasteiger charge is -2.12. The normalized spacial score (nSPS) is 13.0. The number of halogens is 1. The molecule has 3 aliphatic rings. The van der Waals surface area contributed by atoms with Crippen LogP contribution in [0, 0.1) is 6.92 Å². The first-order chi connectivity index (χ1) is 62.7. The van der Waals surface area contributed by atoms with Gasteiger partial charge in [0.15, 0.2) is 7.05 Å². The Morgan fingerprint density at radius 1 is 0.457 bits per heavy atom. The van der Waals surface area contributed by atoms with Gasteiger partial charge in [-0.05, 0) is 148 Å². The number of carboxylic acids is 1. The minimum absolute atomic E-state index is 0.0305. The molecule has 2 amide bonds. The molecular weight excluding hydrogens is 1660 g/mol. The number of aromatic carboxylic acids is 1. The van der Waals surface area contributed by atoms with Crippen molar-refractivity contribution >= 4 is 160 Å². The average molecular weight is 1740 g/mol. The van der Waals surface area contributed by atoms with E-state index in [9.17, 15) is 32.7 Å². The molecule has 30 heteroatoms. The van der Waals surface area contributed by atoms with Crippen molar-refractivity contribution in [3.63, 3.8) is 0 Å². The number of hydrogen-bond donors (Lipinski definition) is 5. The number of benzene rings is 7. The molecular formula is C99H78ClN20O8S+. The van der Waals surface area contributed by atoms with Crippen LogP contribution in [0.3, 0.4) is 0 Å². The first kappa shape index (κ1) is 82.6. The number of aromatic nitrogens is 17. The SMILES string of the molecule is COC(=O)c1ccc2c(c1)nc(-c1cnn(C)c1)c1nc(S(C)(=O)=O)ncc12.C[n+]1cc(-c2nc3cc(C(=O)NC4CC4)ccc3c3cnccc23)c[nH]1.Cc1ccc2c(c1)nc(-c1ccncc1)c1ccncc12.O=C(NC1CC1)c1ccc2c(c1)nc(-c1ccccc1)c1nc(NC3CC3)ncc12.O=C(O)c1ccc2c(c1)nc(-c1ccc(Cl)cc1)c1ccncc12. The summed E-state index contributed by atoms with van der Waals surface area (Å²) in [4.78, 5) is 107. The second kappa shape index (κ2) is 34.8. The number of rotatable bonds is 14. The van der Waals surface area contributed by atoms with Gasteiger partial charge in [-0.15, -0.1) is 4.68 Å². The van der Waals surface area contributed by atoms with Crippen LogP contribution in [-0.4, -0.2) is 148 Å². The summed E-state index contributed by atoms with van der Waals surface area (Å²) in [7, 11) is 1.41. The van der Waals surface area contributed by atoms with Gasteiger partial charge in [-0.2, -0.15) is 10.2 Å². The predicted molar refractivity (Wildman–Crippen MR) is 497 cm³/mol. The topological polar surface area (TPSA) is 373 Å². The number of methoxy groups -OCH3 is 1. The molecule has 0 bridgehead atoms. The monoisotopic (exact) mass is 1740 g/mol. The standard InChI is InChI=1S/C24H21N5O.C20H17N5O.C19H11ClN2O2.C18H15N5O4S.C18H13N3/c30-23(26-16-7-8-16)15-6-11-18-19-13-25-24(27-17-9-10-17)29-22(19)21(28-20(18)12-15)14-4-2-1-3-5-14;1-25-11-13(9-22-25)19-16-6-7-21-10-17(16)15-5-2-12(8-18(15)24-19)20(26)23-14-3-4-14;20-13-4-1-11(2-5-13)18-15-7-8-21-10-16(15)14-6-3-12(19(23)24)9-17(14)22-18;1-23-9-11(7-20-23)15-16-13(8-19-18(22-16)28(3,25)26)12-5-4-10(17(24)27-2)6-14(12)21-15;1-12-2-3-14-16-11-20-9-6-15(16)18(21-17(14)10-12)13-4-7-19-8-5-13/h1-6,11-13,16-17H,7-10H2,(H,26,30)(H,25,27,29);2,5-11,14H,3-4H2,1H3,(H,23,26);1-10H,(H,23,24);4-9H,1-3H3;2-11H,1H3/p+1.